The predicted octanol–water partition coefficient (Wildman–Crippen LogP) is 4.50. The monoisotopic (exact) mass is 385 g/mol. The summed E-state index contributed by atoms with van der Waals surface area (Å²) in [5, 5.41) is 0. The molecule has 0 fully saturated rings. The highest BCUT2D eigenvalue weighted by Crippen LogP contribution is 2.27. The van der Waals surface area contributed by atoms with Crippen LogP contribution in [0.5, 0.6) is 0 Å². The van der Waals surface area contributed by atoms with Crippen LogP contribution in [0.1, 0.15) is 5.69 Å². The van der Waals surface area contributed by atoms with Crippen molar-refractivity contribution in [2.45, 2.75) is 0 Å². The lowest BCUT2D eigenvalue weighted by molar-refractivity contribution is 1.29. The van der Waals surface area contributed by atoms with Crippen LogP contribution in [-0.2, 0) is 0 Å². The van der Waals surface area contributed by atoms with Crippen molar-refractivity contribution in [3.63, 3.8) is 0 Å². The topological polar surface area (TPSA) is 62.3 Å². The van der Waals surface area contributed by atoms with Crippen LogP contribution in [0.3, 0.4) is 0 Å². The zero-order valence-electron chi connectivity index (χ0n) is 15.9. The van der Waals surface area contributed by atoms with Crippen molar-refractivity contribution in [3.8, 4) is 0 Å². The van der Waals surface area contributed by atoms with E-state index in [1.54, 1.807) is 6.20 Å². The summed E-state index contributed by atoms with van der Waals surface area (Å²) in [6.07, 6.45) is 23.7. The average Bonchev–Trinajstić information content (AvgIpc) is 3.53. The minimum atomic E-state index is 0.837. The molecule has 0 spiro atoms. The number of rotatable bonds is 1. The molecule has 0 radical (unpaired) electrons. The van der Waals surface area contributed by atoms with Crippen LogP contribution in [0.25, 0.3) is 5.57 Å². The smallest absolute Gasteiger partial charge is 0.0753 e. The summed E-state index contributed by atoms with van der Waals surface area (Å²) in [6, 6.07) is 5.88. The molecule has 1 aromatic heterocycles. The van der Waals surface area contributed by atoms with Crippen LogP contribution in [0.2, 0.25) is 0 Å². The van der Waals surface area contributed by atoms with Gasteiger partial charge in [0, 0.05) is 11.8 Å². The second-order valence-corrected chi connectivity index (χ2v) is 7.16. The summed E-state index contributed by atoms with van der Waals surface area (Å²) in [6.45, 7) is 0. The Morgan fingerprint density at radius 2 is 1.10 bits per heavy atom. The Balaban J connectivity index is 1.51. The van der Waals surface area contributed by atoms with Gasteiger partial charge in [0.25, 0.3) is 0 Å². The lowest BCUT2D eigenvalue weighted by atomic mass is 10.1. The van der Waals surface area contributed by atoms with Crippen molar-refractivity contribution in [2.75, 3.05) is 0 Å². The first-order valence-electron chi connectivity index (χ1n) is 9.68. The third-order valence-electron chi connectivity index (χ3n) is 4.98. The van der Waals surface area contributed by atoms with Crippen molar-refractivity contribution < 1.29 is 0 Å². The maximum atomic E-state index is 4.83. The van der Waals surface area contributed by atoms with Crippen molar-refractivity contribution in [3.05, 3.63) is 120 Å². The molecule has 5 heteroatoms. The van der Waals surface area contributed by atoms with E-state index in [2.05, 4.69) is 15.0 Å². The number of aromatic nitrogens is 1. The fraction of sp³-hybridized carbons (Fsp3) is 0. The molecule has 6 rings (SSSR count). The average molecular weight is 385 g/mol. The van der Waals surface area contributed by atoms with Crippen molar-refractivity contribution in [1.29, 1.82) is 0 Å². The molecule has 5 nitrogen and oxygen atoms in total. The van der Waals surface area contributed by atoms with Gasteiger partial charge in [-0.25, -0.2) is 20.0 Å². The summed E-state index contributed by atoms with van der Waals surface area (Å²) in [5.74, 6) is 0. The molecule has 0 saturated carbocycles. The molecule has 5 aliphatic heterocycles. The Morgan fingerprint density at radius 1 is 0.500 bits per heavy atom. The normalized spacial score (nSPS) is 20.7. The van der Waals surface area contributed by atoms with Crippen molar-refractivity contribution in [1.82, 2.24) is 4.98 Å². The van der Waals surface area contributed by atoms with Gasteiger partial charge in [-0.1, -0.05) is 6.07 Å². The molecule has 0 saturated heterocycles. The fourth-order valence-corrected chi connectivity index (χ4v) is 3.62. The first-order valence-corrected chi connectivity index (χ1v) is 9.68. The Labute approximate surface area is 173 Å². The third kappa shape index (κ3) is 3.12. The van der Waals surface area contributed by atoms with Gasteiger partial charge in [-0.15, -0.1) is 0 Å². The zero-order chi connectivity index (χ0) is 19.9. The highest BCUT2D eigenvalue weighted by atomic mass is 14.8. The quantitative estimate of drug-likeness (QED) is 0.702. The highest BCUT2D eigenvalue weighted by Gasteiger charge is 2.18. The number of pyridine rings is 1. The molecule has 0 aliphatic carbocycles. The molecule has 140 valence electrons. The van der Waals surface area contributed by atoms with Crippen LogP contribution in [0.15, 0.2) is 134 Å². The maximum Gasteiger partial charge on any atom is 0.0753 e. The first kappa shape index (κ1) is 16.7. The first-order chi connectivity index (χ1) is 14.8. The van der Waals surface area contributed by atoms with Gasteiger partial charge in [0.1, 0.15) is 0 Å². The summed E-state index contributed by atoms with van der Waals surface area (Å²) in [5.41, 5.74) is 8.72. The number of allylic oxidation sites excluding steroid dienone is 12. The minimum Gasteiger partial charge on any atom is -0.256 e. The van der Waals surface area contributed by atoms with Crippen molar-refractivity contribution >= 4 is 28.4 Å². The van der Waals surface area contributed by atoms with Crippen molar-refractivity contribution in [2.24, 2.45) is 20.0 Å². The molecule has 8 bridgehead atoms. The second kappa shape index (κ2) is 6.67. The summed E-state index contributed by atoms with van der Waals surface area (Å²) in [4.78, 5) is 23.4. The number of nitrogens with zero attached hydrogens (tertiary/aromatic N) is 5. The largest absolute Gasteiger partial charge is 0.256 e. The Bertz CT molecular complexity index is 1350. The van der Waals surface area contributed by atoms with Gasteiger partial charge < -0.3 is 0 Å². The van der Waals surface area contributed by atoms with E-state index in [9.17, 15) is 0 Å². The maximum absolute atomic E-state index is 4.83. The molecule has 0 amide bonds. The Kier molecular flexibility index (Phi) is 3.71. The standard InChI is InChI=1S/C25H15N5/c1-2-10-26-24(3-1)23-14-22-13-20-7-6-18(28-20)11-16-4-5-17(27-16)12-19-8-9-21(29-19)15-25(23)30-22/h1-15H. The molecule has 0 N–H and O–H groups in total. The number of hydrogen-bond acceptors (Lipinski definition) is 5. The Morgan fingerprint density at radius 3 is 1.70 bits per heavy atom. The molecule has 0 atom stereocenters. The molecular formula is C25H15N5. The minimum absolute atomic E-state index is 0.837. The van der Waals surface area contributed by atoms with Crippen LogP contribution in [-0.4, -0.2) is 27.8 Å². The van der Waals surface area contributed by atoms with Gasteiger partial charge in [-0.2, -0.15) is 0 Å². The van der Waals surface area contributed by atoms with Crippen LogP contribution in [0, 0.1) is 0 Å². The van der Waals surface area contributed by atoms with Gasteiger partial charge in [0.05, 0.1) is 51.3 Å². The van der Waals surface area contributed by atoms with Gasteiger partial charge in [-0.3, -0.25) is 4.98 Å². The van der Waals surface area contributed by atoms with Crippen LogP contribution >= 0.6 is 0 Å². The highest BCUT2D eigenvalue weighted by molar-refractivity contribution is 6.32. The van der Waals surface area contributed by atoms with Gasteiger partial charge >= 0.3 is 0 Å². The molecule has 5 aliphatic rings. The summed E-state index contributed by atoms with van der Waals surface area (Å²) >= 11 is 0. The van der Waals surface area contributed by atoms with E-state index in [0.29, 0.717) is 0 Å². The fourth-order valence-electron chi connectivity index (χ4n) is 3.62. The zero-order valence-corrected chi connectivity index (χ0v) is 15.9. The summed E-state index contributed by atoms with van der Waals surface area (Å²) in [7, 11) is 0. The van der Waals surface area contributed by atoms with E-state index in [0.717, 1.165) is 56.9 Å². The molecular weight excluding hydrogens is 370 g/mol. The van der Waals surface area contributed by atoms with E-state index >= 15 is 0 Å². The lowest BCUT2D eigenvalue weighted by Gasteiger charge is -2.02. The van der Waals surface area contributed by atoms with Crippen LogP contribution < -0.4 is 0 Å². The number of hydrogen-bond donors (Lipinski definition) is 0. The Hall–Kier alpha value is -4.25. The van der Waals surface area contributed by atoms with E-state index in [1.807, 2.05) is 85.0 Å². The van der Waals surface area contributed by atoms with E-state index in [1.165, 1.54) is 0 Å². The van der Waals surface area contributed by atoms with Gasteiger partial charge in [0.15, 0.2) is 0 Å². The molecule has 30 heavy (non-hydrogen) atoms. The summed E-state index contributed by atoms with van der Waals surface area (Å²) < 4.78 is 0. The van der Waals surface area contributed by atoms with Crippen LogP contribution in [0.4, 0.5) is 0 Å². The molecule has 6 heterocycles. The van der Waals surface area contributed by atoms with E-state index in [-0.39, 0.29) is 0 Å². The number of aliphatic imine (C=N–C) groups is 4. The SMILES string of the molecule is C1=CC2=NC1=CC1=NC(=CC3=NC(=CC4=NC(=C2)C=C4)C=C3c2ccccn2)C=C1. The molecule has 0 unspecified atom stereocenters. The third-order valence-corrected chi connectivity index (χ3v) is 4.98. The number of fused-ring (bicyclic) bond motifs is 4. The van der Waals surface area contributed by atoms with Gasteiger partial charge in [-0.05, 0) is 79.0 Å². The van der Waals surface area contributed by atoms with E-state index < -0.39 is 0 Å². The van der Waals surface area contributed by atoms with E-state index in [4.69, 9.17) is 9.98 Å². The lowest BCUT2D eigenvalue weighted by Crippen LogP contribution is -1.98. The second-order valence-electron chi connectivity index (χ2n) is 7.16. The predicted molar refractivity (Wildman–Crippen MR) is 122 cm³/mol. The van der Waals surface area contributed by atoms with Gasteiger partial charge in [0.2, 0.25) is 0 Å². The molecule has 1 aromatic rings. The molecule has 0 aromatic carbocycles.